The van der Waals surface area contributed by atoms with Crippen molar-refractivity contribution in [1.29, 1.82) is 0 Å². The van der Waals surface area contributed by atoms with Gasteiger partial charge >= 0.3 is 0 Å². The molecule has 0 aromatic carbocycles. The van der Waals surface area contributed by atoms with Crippen molar-refractivity contribution >= 4 is 38.0 Å². The molecule has 3 nitrogen and oxygen atoms in total. The number of carbonyl (C=O) groups excluding carboxylic acids is 1. The Hall–Kier alpha value is -0.910. The molecular weight excluding hydrogens is 276 g/mol. The van der Waals surface area contributed by atoms with Crippen LogP contribution >= 0.6 is 22.7 Å². The number of thiophene rings is 2. The molecule has 0 saturated carbocycles. The second-order valence-electron chi connectivity index (χ2n) is 5.25. The fourth-order valence-electron chi connectivity index (χ4n) is 2.66. The number of nitrogens with two attached hydrogens (primary N) is 1. The van der Waals surface area contributed by atoms with Gasteiger partial charge in [0.05, 0.1) is 4.88 Å². The first kappa shape index (κ1) is 13.1. The van der Waals surface area contributed by atoms with Crippen molar-refractivity contribution in [3.63, 3.8) is 0 Å². The van der Waals surface area contributed by atoms with Crippen molar-refractivity contribution in [2.75, 3.05) is 13.1 Å². The number of nitrogens with zero attached hydrogens (tertiary/aromatic N) is 1. The number of hydrogen-bond acceptors (Lipinski definition) is 4. The van der Waals surface area contributed by atoms with Gasteiger partial charge in [0.15, 0.2) is 0 Å². The van der Waals surface area contributed by atoms with Gasteiger partial charge in [-0.3, -0.25) is 4.79 Å². The molecule has 0 spiro atoms. The zero-order valence-corrected chi connectivity index (χ0v) is 12.6. The van der Waals surface area contributed by atoms with Crippen LogP contribution in [0, 0.1) is 5.92 Å². The second kappa shape index (κ2) is 5.23. The zero-order valence-electron chi connectivity index (χ0n) is 11.0. The molecule has 0 aliphatic carbocycles. The molecule has 2 N–H and O–H groups in total. The van der Waals surface area contributed by atoms with Crippen LogP contribution < -0.4 is 5.73 Å². The highest BCUT2D eigenvalue weighted by Crippen LogP contribution is 2.31. The highest BCUT2D eigenvalue weighted by molar-refractivity contribution is 7.27. The molecule has 1 saturated heterocycles. The van der Waals surface area contributed by atoms with E-state index in [1.54, 1.807) is 22.7 Å². The molecule has 102 valence electrons. The van der Waals surface area contributed by atoms with Crippen molar-refractivity contribution in [3.8, 4) is 0 Å². The Kier molecular flexibility index (Phi) is 3.60. The molecule has 19 heavy (non-hydrogen) atoms. The molecule has 1 amide bonds. The lowest BCUT2D eigenvalue weighted by molar-refractivity contribution is 0.0686. The highest BCUT2D eigenvalue weighted by Gasteiger charge is 2.26. The van der Waals surface area contributed by atoms with E-state index < -0.39 is 0 Å². The number of hydrogen-bond donors (Lipinski definition) is 1. The minimum atomic E-state index is 0.191. The van der Waals surface area contributed by atoms with E-state index in [-0.39, 0.29) is 11.9 Å². The molecule has 1 fully saturated rings. The molecule has 1 aliphatic heterocycles. The summed E-state index contributed by atoms with van der Waals surface area (Å²) in [6.45, 7) is 3.75. The lowest BCUT2D eigenvalue weighted by Gasteiger charge is -2.33. The van der Waals surface area contributed by atoms with Crippen LogP contribution in [0.4, 0.5) is 0 Å². The molecule has 2 aromatic heterocycles. The Morgan fingerprint density at radius 1 is 1.42 bits per heavy atom. The Morgan fingerprint density at radius 2 is 2.16 bits per heavy atom. The molecule has 1 aliphatic rings. The van der Waals surface area contributed by atoms with E-state index in [0.717, 1.165) is 30.8 Å². The maximum absolute atomic E-state index is 12.5. The zero-order chi connectivity index (χ0) is 13.4. The van der Waals surface area contributed by atoms with E-state index >= 15 is 0 Å². The van der Waals surface area contributed by atoms with Gasteiger partial charge in [-0.25, -0.2) is 0 Å². The van der Waals surface area contributed by atoms with Gasteiger partial charge in [-0.15, -0.1) is 22.7 Å². The number of likely N-dealkylation sites (tertiary alicyclic amines) is 1. The molecule has 1 atom stereocenters. The van der Waals surface area contributed by atoms with Gasteiger partial charge < -0.3 is 10.6 Å². The van der Waals surface area contributed by atoms with Crippen molar-refractivity contribution in [1.82, 2.24) is 4.90 Å². The van der Waals surface area contributed by atoms with Gasteiger partial charge in [-0.2, -0.15) is 0 Å². The monoisotopic (exact) mass is 294 g/mol. The number of fused-ring (bicyclic) bond motifs is 1. The van der Waals surface area contributed by atoms with Crippen LogP contribution in [0.5, 0.6) is 0 Å². The maximum Gasteiger partial charge on any atom is 0.263 e. The smallest absolute Gasteiger partial charge is 0.263 e. The number of rotatable bonds is 2. The standard InChI is InChI=1S/C14H18N2OS2/c1-9(15)10-2-5-16(6-3-10)14(17)13-8-12-11(19-13)4-7-18-12/h4,7-10H,2-3,5-6,15H2,1H3. The van der Waals surface area contributed by atoms with Crippen molar-refractivity contribution < 1.29 is 4.79 Å². The summed E-state index contributed by atoms with van der Waals surface area (Å²) in [6.07, 6.45) is 2.06. The Bertz CT molecular complexity index is 551. The first-order valence-corrected chi connectivity index (χ1v) is 8.36. The highest BCUT2D eigenvalue weighted by atomic mass is 32.1. The van der Waals surface area contributed by atoms with Crippen LogP contribution in [0.3, 0.4) is 0 Å². The van der Waals surface area contributed by atoms with E-state index in [2.05, 4.69) is 18.4 Å². The minimum absolute atomic E-state index is 0.191. The van der Waals surface area contributed by atoms with E-state index in [9.17, 15) is 4.79 Å². The first-order valence-electron chi connectivity index (χ1n) is 6.67. The molecule has 0 radical (unpaired) electrons. The summed E-state index contributed by atoms with van der Waals surface area (Å²) in [4.78, 5) is 15.3. The topological polar surface area (TPSA) is 46.3 Å². The van der Waals surface area contributed by atoms with E-state index in [0.29, 0.717) is 5.92 Å². The maximum atomic E-state index is 12.5. The van der Waals surface area contributed by atoms with Gasteiger partial charge in [-0.05, 0) is 43.2 Å². The van der Waals surface area contributed by atoms with E-state index in [1.165, 1.54) is 9.40 Å². The predicted molar refractivity (Wildman–Crippen MR) is 82.0 cm³/mol. The summed E-state index contributed by atoms with van der Waals surface area (Å²) in [5.74, 6) is 0.757. The number of amides is 1. The lowest BCUT2D eigenvalue weighted by atomic mass is 9.91. The van der Waals surface area contributed by atoms with Crippen LogP contribution in [0.15, 0.2) is 17.5 Å². The summed E-state index contributed by atoms with van der Waals surface area (Å²) in [7, 11) is 0. The third kappa shape index (κ3) is 2.55. The summed E-state index contributed by atoms with van der Waals surface area (Å²) in [5, 5.41) is 2.07. The normalized spacial score (nSPS) is 18.9. The Morgan fingerprint density at radius 3 is 2.79 bits per heavy atom. The Balaban J connectivity index is 1.70. The van der Waals surface area contributed by atoms with Crippen LogP contribution in [0.25, 0.3) is 9.40 Å². The third-order valence-corrected chi connectivity index (χ3v) is 6.00. The van der Waals surface area contributed by atoms with Crippen molar-refractivity contribution in [3.05, 3.63) is 22.4 Å². The number of carbonyl (C=O) groups is 1. The van der Waals surface area contributed by atoms with E-state index in [4.69, 9.17) is 5.73 Å². The second-order valence-corrected chi connectivity index (χ2v) is 7.28. The minimum Gasteiger partial charge on any atom is -0.338 e. The summed E-state index contributed by atoms with van der Waals surface area (Å²) >= 11 is 3.31. The fourth-order valence-corrected chi connectivity index (χ4v) is 4.73. The van der Waals surface area contributed by atoms with Crippen LogP contribution in [-0.4, -0.2) is 29.9 Å². The largest absolute Gasteiger partial charge is 0.338 e. The summed E-state index contributed by atoms with van der Waals surface area (Å²) < 4.78 is 2.44. The van der Waals surface area contributed by atoms with Crippen LogP contribution in [0.2, 0.25) is 0 Å². The van der Waals surface area contributed by atoms with Crippen molar-refractivity contribution in [2.45, 2.75) is 25.8 Å². The molecule has 3 heterocycles. The van der Waals surface area contributed by atoms with E-state index in [1.807, 2.05) is 11.0 Å². The predicted octanol–water partition coefficient (Wildman–Crippen LogP) is 3.16. The SMILES string of the molecule is CC(N)C1CCN(C(=O)c2cc3sccc3s2)CC1. The lowest BCUT2D eigenvalue weighted by Crippen LogP contribution is -2.42. The van der Waals surface area contributed by atoms with Gasteiger partial charge in [0.2, 0.25) is 0 Å². The molecule has 5 heteroatoms. The van der Waals surface area contributed by atoms with Gasteiger partial charge in [0, 0.05) is 28.5 Å². The molecule has 3 rings (SSSR count). The quantitative estimate of drug-likeness (QED) is 0.924. The summed E-state index contributed by atoms with van der Waals surface area (Å²) in [5.41, 5.74) is 5.94. The molecule has 1 unspecified atom stereocenters. The summed E-state index contributed by atoms with van der Waals surface area (Å²) in [6, 6.07) is 4.36. The average Bonchev–Trinajstić information content (AvgIpc) is 2.98. The fraction of sp³-hybridized carbons (Fsp3) is 0.500. The Labute approximate surface area is 121 Å². The number of piperidine rings is 1. The van der Waals surface area contributed by atoms with Crippen molar-refractivity contribution in [2.24, 2.45) is 11.7 Å². The van der Waals surface area contributed by atoms with Gasteiger partial charge in [0.25, 0.3) is 5.91 Å². The average molecular weight is 294 g/mol. The first-order chi connectivity index (χ1) is 9.15. The molecule has 0 bridgehead atoms. The molecule has 2 aromatic rings. The van der Waals surface area contributed by atoms with Gasteiger partial charge in [0.1, 0.15) is 0 Å². The van der Waals surface area contributed by atoms with Gasteiger partial charge in [-0.1, -0.05) is 0 Å². The third-order valence-electron chi connectivity index (χ3n) is 3.92. The molecular formula is C14H18N2OS2. The van der Waals surface area contributed by atoms with Crippen LogP contribution in [-0.2, 0) is 0 Å². The van der Waals surface area contributed by atoms with Crippen LogP contribution in [0.1, 0.15) is 29.4 Å².